The Kier molecular flexibility index (Phi) is 3.66. The molecule has 82 valence electrons. The fourth-order valence-corrected chi connectivity index (χ4v) is 1.92. The van der Waals surface area contributed by atoms with Crippen molar-refractivity contribution in [2.45, 2.75) is 6.42 Å². The Labute approximate surface area is 98.2 Å². The van der Waals surface area contributed by atoms with Gasteiger partial charge in [0.1, 0.15) is 0 Å². The number of nitrogens with zero attached hydrogens (tertiary/aromatic N) is 1. The van der Waals surface area contributed by atoms with Gasteiger partial charge in [-0.3, -0.25) is 4.79 Å². The van der Waals surface area contributed by atoms with Gasteiger partial charge in [-0.05, 0) is 0 Å². The highest BCUT2D eigenvalue weighted by atomic mass is 32.1. The lowest BCUT2D eigenvalue weighted by molar-refractivity contribution is 0.0986. The topological polar surface area (TPSA) is 42.0 Å². The number of anilines is 1. The molecular weight excluding hydrogens is 220 g/mol. The largest absolute Gasteiger partial charge is 0.361 e. The normalized spacial score (nSPS) is 10.0. The van der Waals surface area contributed by atoms with Crippen LogP contribution < -0.4 is 5.32 Å². The number of carbonyl (C=O) groups excluding carboxylic acids is 1. The Hall–Kier alpha value is -1.68. The van der Waals surface area contributed by atoms with Crippen LogP contribution in [0.15, 0.2) is 41.9 Å². The number of ketones is 1. The molecule has 4 heteroatoms. The van der Waals surface area contributed by atoms with E-state index in [4.69, 9.17) is 0 Å². The predicted molar refractivity (Wildman–Crippen MR) is 66.0 cm³/mol. The first kappa shape index (κ1) is 10.8. The lowest BCUT2D eigenvalue weighted by Crippen LogP contribution is -2.08. The van der Waals surface area contributed by atoms with E-state index in [-0.39, 0.29) is 5.78 Å². The minimum absolute atomic E-state index is 0.157. The molecule has 0 saturated heterocycles. The molecule has 3 nitrogen and oxygen atoms in total. The molecule has 0 fully saturated rings. The summed E-state index contributed by atoms with van der Waals surface area (Å²) >= 11 is 1.54. The molecule has 1 aromatic carbocycles. The molecule has 2 rings (SSSR count). The van der Waals surface area contributed by atoms with E-state index >= 15 is 0 Å². The monoisotopic (exact) mass is 232 g/mol. The summed E-state index contributed by atoms with van der Waals surface area (Å²) in [7, 11) is 0. The van der Waals surface area contributed by atoms with E-state index in [9.17, 15) is 4.79 Å². The molecule has 16 heavy (non-hydrogen) atoms. The van der Waals surface area contributed by atoms with Crippen LogP contribution in [0.1, 0.15) is 16.8 Å². The average Bonchev–Trinajstić information content (AvgIpc) is 2.83. The number of Topliss-reactive ketones (excluding diaryl/α,β-unsaturated/α-hetero) is 1. The molecule has 1 N–H and O–H groups in total. The van der Waals surface area contributed by atoms with Crippen LogP contribution in [0.25, 0.3) is 0 Å². The Balaban J connectivity index is 1.81. The van der Waals surface area contributed by atoms with E-state index in [0.29, 0.717) is 13.0 Å². The number of thiazole rings is 1. The van der Waals surface area contributed by atoms with Gasteiger partial charge in [0.2, 0.25) is 0 Å². The van der Waals surface area contributed by atoms with Crippen molar-refractivity contribution in [3.63, 3.8) is 0 Å². The van der Waals surface area contributed by atoms with Crippen molar-refractivity contribution >= 4 is 22.3 Å². The maximum atomic E-state index is 11.7. The van der Waals surface area contributed by atoms with Gasteiger partial charge in [0.05, 0.1) is 0 Å². The van der Waals surface area contributed by atoms with E-state index in [1.807, 2.05) is 35.7 Å². The van der Waals surface area contributed by atoms with E-state index in [0.717, 1.165) is 10.7 Å². The van der Waals surface area contributed by atoms with Gasteiger partial charge >= 0.3 is 0 Å². The molecule has 0 unspecified atom stereocenters. The number of hydrogen-bond acceptors (Lipinski definition) is 4. The lowest BCUT2D eigenvalue weighted by Gasteiger charge is -2.02. The quantitative estimate of drug-likeness (QED) is 0.806. The Morgan fingerprint density at radius 3 is 2.81 bits per heavy atom. The lowest BCUT2D eigenvalue weighted by atomic mass is 10.1. The second-order valence-electron chi connectivity index (χ2n) is 3.30. The van der Waals surface area contributed by atoms with E-state index < -0.39 is 0 Å². The molecule has 0 aliphatic carbocycles. The van der Waals surface area contributed by atoms with E-state index in [1.165, 1.54) is 11.3 Å². The van der Waals surface area contributed by atoms with Gasteiger partial charge in [-0.15, -0.1) is 11.3 Å². The first-order valence-electron chi connectivity index (χ1n) is 5.08. The zero-order valence-electron chi connectivity index (χ0n) is 8.72. The van der Waals surface area contributed by atoms with Crippen molar-refractivity contribution in [1.29, 1.82) is 0 Å². The van der Waals surface area contributed by atoms with Gasteiger partial charge in [0.15, 0.2) is 10.9 Å². The smallest absolute Gasteiger partial charge is 0.182 e. The van der Waals surface area contributed by atoms with Crippen molar-refractivity contribution in [2.24, 2.45) is 0 Å². The molecule has 0 bridgehead atoms. The predicted octanol–water partition coefficient (Wildman–Crippen LogP) is 2.83. The third-order valence-electron chi connectivity index (χ3n) is 2.16. The number of carbonyl (C=O) groups is 1. The number of aromatic nitrogens is 1. The van der Waals surface area contributed by atoms with E-state index in [2.05, 4.69) is 10.3 Å². The van der Waals surface area contributed by atoms with Crippen LogP contribution in [0.4, 0.5) is 5.13 Å². The van der Waals surface area contributed by atoms with Crippen LogP contribution >= 0.6 is 11.3 Å². The molecular formula is C12H12N2OS. The highest BCUT2D eigenvalue weighted by Crippen LogP contribution is 2.10. The molecule has 0 amide bonds. The molecule has 0 aliphatic heterocycles. The third-order valence-corrected chi connectivity index (χ3v) is 2.89. The van der Waals surface area contributed by atoms with Gasteiger partial charge in [0.25, 0.3) is 0 Å². The summed E-state index contributed by atoms with van der Waals surface area (Å²) in [4.78, 5) is 15.8. The second-order valence-corrected chi connectivity index (χ2v) is 4.20. The summed E-state index contributed by atoms with van der Waals surface area (Å²) in [5.74, 6) is 0.157. The number of nitrogens with one attached hydrogen (secondary N) is 1. The molecule has 0 atom stereocenters. The molecule has 2 aromatic rings. The van der Waals surface area contributed by atoms with E-state index in [1.54, 1.807) is 6.20 Å². The van der Waals surface area contributed by atoms with Crippen LogP contribution in [0, 0.1) is 0 Å². The molecule has 1 aromatic heterocycles. The zero-order valence-corrected chi connectivity index (χ0v) is 9.54. The average molecular weight is 232 g/mol. The Bertz CT molecular complexity index is 439. The van der Waals surface area contributed by atoms with Gasteiger partial charge < -0.3 is 5.32 Å². The zero-order chi connectivity index (χ0) is 11.2. The first-order valence-corrected chi connectivity index (χ1v) is 5.96. The van der Waals surface area contributed by atoms with Crippen molar-refractivity contribution in [3.8, 4) is 0 Å². The van der Waals surface area contributed by atoms with Crippen molar-refractivity contribution in [2.75, 3.05) is 11.9 Å². The highest BCUT2D eigenvalue weighted by molar-refractivity contribution is 7.13. The summed E-state index contributed by atoms with van der Waals surface area (Å²) in [6.45, 7) is 0.626. The summed E-state index contributed by atoms with van der Waals surface area (Å²) in [5, 5.41) is 5.88. The number of benzene rings is 1. The van der Waals surface area contributed by atoms with Crippen molar-refractivity contribution < 1.29 is 4.79 Å². The molecule has 0 radical (unpaired) electrons. The molecule has 0 saturated carbocycles. The van der Waals surface area contributed by atoms with Crippen LogP contribution in [-0.2, 0) is 0 Å². The number of hydrogen-bond donors (Lipinski definition) is 1. The number of rotatable bonds is 5. The summed E-state index contributed by atoms with van der Waals surface area (Å²) in [5.41, 5.74) is 0.767. The van der Waals surface area contributed by atoms with Crippen LogP contribution in [0.5, 0.6) is 0 Å². The Morgan fingerprint density at radius 1 is 1.31 bits per heavy atom. The SMILES string of the molecule is O=C(CCNc1nccs1)c1ccccc1. The minimum atomic E-state index is 0.157. The molecule has 0 spiro atoms. The maximum Gasteiger partial charge on any atom is 0.182 e. The fraction of sp³-hybridized carbons (Fsp3) is 0.167. The first-order chi connectivity index (χ1) is 7.86. The van der Waals surface area contributed by atoms with Crippen LogP contribution in [0.3, 0.4) is 0 Å². The second kappa shape index (κ2) is 5.42. The third kappa shape index (κ3) is 2.90. The molecule has 0 aliphatic rings. The minimum Gasteiger partial charge on any atom is -0.361 e. The van der Waals surface area contributed by atoms with Crippen molar-refractivity contribution in [3.05, 3.63) is 47.5 Å². The molecule has 1 heterocycles. The summed E-state index contributed by atoms with van der Waals surface area (Å²) < 4.78 is 0. The Morgan fingerprint density at radius 2 is 2.12 bits per heavy atom. The van der Waals surface area contributed by atoms with Crippen LogP contribution in [-0.4, -0.2) is 17.3 Å². The van der Waals surface area contributed by atoms with Gasteiger partial charge in [-0.25, -0.2) is 4.98 Å². The standard InChI is InChI=1S/C12H12N2OS/c15-11(10-4-2-1-3-5-10)6-7-13-12-14-8-9-16-12/h1-5,8-9H,6-7H2,(H,13,14). The fourth-order valence-electron chi connectivity index (χ4n) is 1.36. The summed E-state index contributed by atoms with van der Waals surface area (Å²) in [6.07, 6.45) is 2.23. The van der Waals surface area contributed by atoms with Gasteiger partial charge in [-0.1, -0.05) is 30.3 Å². The van der Waals surface area contributed by atoms with Gasteiger partial charge in [0, 0.05) is 30.1 Å². The van der Waals surface area contributed by atoms with Gasteiger partial charge in [-0.2, -0.15) is 0 Å². The summed E-state index contributed by atoms with van der Waals surface area (Å²) in [6, 6.07) is 9.34. The van der Waals surface area contributed by atoms with Crippen molar-refractivity contribution in [1.82, 2.24) is 4.98 Å². The highest BCUT2D eigenvalue weighted by Gasteiger charge is 2.04. The van der Waals surface area contributed by atoms with Crippen LogP contribution in [0.2, 0.25) is 0 Å². The maximum absolute atomic E-state index is 11.7.